The normalized spacial score (nSPS) is 20.8. The first kappa shape index (κ1) is 21.8. The van der Waals surface area contributed by atoms with Crippen molar-refractivity contribution in [1.82, 2.24) is 20.1 Å². The summed E-state index contributed by atoms with van der Waals surface area (Å²) in [5.41, 5.74) is 2.66. The fraction of sp³-hybridized carbons (Fsp3) is 0.476. The summed E-state index contributed by atoms with van der Waals surface area (Å²) < 4.78 is 2.07. The molecule has 3 rings (SSSR count). The Morgan fingerprint density at radius 1 is 1.19 bits per heavy atom. The van der Waals surface area contributed by atoms with Crippen molar-refractivity contribution in [1.29, 1.82) is 0 Å². The number of hydrogen-bond donors (Lipinski definition) is 2. The molecule has 6 heteroatoms. The van der Waals surface area contributed by atoms with Gasteiger partial charge in [-0.05, 0) is 37.0 Å². The SMILES string of the molecule is CN=C(NCc1ccn(C)c1)NC1CCN(Cc2ccccc2)C(C)C1.I. The van der Waals surface area contributed by atoms with Crippen molar-refractivity contribution < 1.29 is 0 Å². The summed E-state index contributed by atoms with van der Waals surface area (Å²) in [7, 11) is 3.88. The van der Waals surface area contributed by atoms with E-state index in [0.717, 1.165) is 38.4 Å². The Morgan fingerprint density at radius 3 is 2.59 bits per heavy atom. The molecule has 0 saturated carbocycles. The van der Waals surface area contributed by atoms with E-state index in [1.165, 1.54) is 11.1 Å². The Morgan fingerprint density at radius 2 is 1.96 bits per heavy atom. The molecular formula is C21H32IN5. The predicted octanol–water partition coefficient (Wildman–Crippen LogP) is 3.36. The van der Waals surface area contributed by atoms with E-state index in [4.69, 9.17) is 0 Å². The van der Waals surface area contributed by atoms with Crippen molar-refractivity contribution in [2.75, 3.05) is 13.6 Å². The number of likely N-dealkylation sites (tertiary alicyclic amines) is 1. The highest BCUT2D eigenvalue weighted by molar-refractivity contribution is 14.0. The molecule has 27 heavy (non-hydrogen) atoms. The average Bonchev–Trinajstić information content (AvgIpc) is 3.07. The summed E-state index contributed by atoms with van der Waals surface area (Å²) in [5, 5.41) is 7.03. The lowest BCUT2D eigenvalue weighted by Crippen LogP contribution is -2.51. The zero-order valence-corrected chi connectivity index (χ0v) is 18.9. The Labute approximate surface area is 180 Å². The lowest BCUT2D eigenvalue weighted by atomic mass is 9.97. The number of benzene rings is 1. The van der Waals surface area contributed by atoms with Gasteiger partial charge in [-0.3, -0.25) is 9.89 Å². The molecule has 1 aromatic carbocycles. The molecule has 1 saturated heterocycles. The van der Waals surface area contributed by atoms with Crippen molar-refractivity contribution in [3.8, 4) is 0 Å². The number of aliphatic imine (C=N–C) groups is 1. The quantitative estimate of drug-likeness (QED) is 0.391. The predicted molar refractivity (Wildman–Crippen MR) is 123 cm³/mol. The van der Waals surface area contributed by atoms with Gasteiger partial charge >= 0.3 is 0 Å². The topological polar surface area (TPSA) is 44.6 Å². The van der Waals surface area contributed by atoms with E-state index in [1.54, 1.807) is 0 Å². The summed E-state index contributed by atoms with van der Waals surface area (Å²) in [6, 6.07) is 13.9. The highest BCUT2D eigenvalue weighted by Crippen LogP contribution is 2.19. The number of nitrogens with one attached hydrogen (secondary N) is 2. The van der Waals surface area contributed by atoms with Gasteiger partial charge in [0, 0.05) is 58.2 Å². The first-order valence-electron chi connectivity index (χ1n) is 9.50. The van der Waals surface area contributed by atoms with Crippen LogP contribution in [-0.4, -0.2) is 41.1 Å². The minimum atomic E-state index is 0. The van der Waals surface area contributed by atoms with Crippen LogP contribution in [0.3, 0.4) is 0 Å². The number of guanidine groups is 1. The molecular weight excluding hydrogens is 449 g/mol. The third kappa shape index (κ3) is 6.53. The summed E-state index contributed by atoms with van der Waals surface area (Å²) >= 11 is 0. The second-order valence-corrected chi connectivity index (χ2v) is 7.28. The second-order valence-electron chi connectivity index (χ2n) is 7.28. The molecule has 2 atom stereocenters. The zero-order valence-electron chi connectivity index (χ0n) is 16.6. The van der Waals surface area contributed by atoms with Crippen LogP contribution in [0.15, 0.2) is 53.8 Å². The molecule has 148 valence electrons. The van der Waals surface area contributed by atoms with Crippen LogP contribution in [0.1, 0.15) is 30.9 Å². The van der Waals surface area contributed by atoms with Crippen molar-refractivity contribution in [2.24, 2.45) is 12.0 Å². The second kappa shape index (κ2) is 10.7. The van der Waals surface area contributed by atoms with E-state index in [0.29, 0.717) is 12.1 Å². The Balaban J connectivity index is 0.00000261. The molecule has 0 bridgehead atoms. The van der Waals surface area contributed by atoms with Crippen LogP contribution in [0.4, 0.5) is 0 Å². The van der Waals surface area contributed by atoms with Gasteiger partial charge in [-0.1, -0.05) is 30.3 Å². The van der Waals surface area contributed by atoms with Gasteiger partial charge < -0.3 is 15.2 Å². The molecule has 0 spiro atoms. The van der Waals surface area contributed by atoms with Crippen molar-refractivity contribution >= 4 is 29.9 Å². The number of nitrogens with zero attached hydrogens (tertiary/aromatic N) is 3. The van der Waals surface area contributed by atoms with Gasteiger partial charge in [0.05, 0.1) is 0 Å². The lowest BCUT2D eigenvalue weighted by Gasteiger charge is -2.38. The van der Waals surface area contributed by atoms with Crippen LogP contribution in [0, 0.1) is 0 Å². The van der Waals surface area contributed by atoms with E-state index in [2.05, 4.69) is 80.8 Å². The Bertz CT molecular complexity index is 712. The molecule has 2 unspecified atom stereocenters. The number of aromatic nitrogens is 1. The van der Waals surface area contributed by atoms with Crippen LogP contribution in [0.2, 0.25) is 0 Å². The van der Waals surface area contributed by atoms with E-state index in [-0.39, 0.29) is 24.0 Å². The van der Waals surface area contributed by atoms with Gasteiger partial charge in [0.1, 0.15) is 0 Å². The summed E-state index contributed by atoms with van der Waals surface area (Å²) in [5.74, 6) is 0.891. The minimum absolute atomic E-state index is 0. The first-order valence-corrected chi connectivity index (χ1v) is 9.50. The van der Waals surface area contributed by atoms with Crippen LogP contribution in [0.25, 0.3) is 0 Å². The van der Waals surface area contributed by atoms with Crippen LogP contribution >= 0.6 is 24.0 Å². The molecule has 2 N–H and O–H groups in total. The summed E-state index contributed by atoms with van der Waals surface area (Å²) in [4.78, 5) is 6.97. The van der Waals surface area contributed by atoms with Gasteiger partial charge in [0.15, 0.2) is 5.96 Å². The van der Waals surface area contributed by atoms with Gasteiger partial charge in [-0.2, -0.15) is 0 Å². The van der Waals surface area contributed by atoms with Gasteiger partial charge in [0.25, 0.3) is 0 Å². The molecule has 0 aliphatic carbocycles. The van der Waals surface area contributed by atoms with Crippen molar-refractivity contribution in [2.45, 2.75) is 44.9 Å². The zero-order chi connectivity index (χ0) is 18.4. The fourth-order valence-electron chi connectivity index (χ4n) is 3.64. The largest absolute Gasteiger partial charge is 0.357 e. The molecule has 1 fully saturated rings. The van der Waals surface area contributed by atoms with Crippen LogP contribution < -0.4 is 10.6 Å². The van der Waals surface area contributed by atoms with Gasteiger partial charge in [-0.15, -0.1) is 24.0 Å². The number of aryl methyl sites for hydroxylation is 1. The third-order valence-corrected chi connectivity index (χ3v) is 5.16. The highest BCUT2D eigenvalue weighted by atomic mass is 127. The molecule has 2 aromatic rings. The van der Waals surface area contributed by atoms with Crippen LogP contribution in [-0.2, 0) is 20.1 Å². The Kier molecular flexibility index (Phi) is 8.63. The maximum Gasteiger partial charge on any atom is 0.191 e. The number of hydrogen-bond acceptors (Lipinski definition) is 2. The fourth-order valence-corrected chi connectivity index (χ4v) is 3.64. The average molecular weight is 481 g/mol. The van der Waals surface area contributed by atoms with E-state index in [1.807, 2.05) is 14.1 Å². The van der Waals surface area contributed by atoms with Crippen LogP contribution in [0.5, 0.6) is 0 Å². The third-order valence-electron chi connectivity index (χ3n) is 5.16. The molecule has 1 aliphatic rings. The van der Waals surface area contributed by atoms with Gasteiger partial charge in [0.2, 0.25) is 0 Å². The summed E-state index contributed by atoms with van der Waals surface area (Å²) in [6.45, 7) is 5.28. The summed E-state index contributed by atoms with van der Waals surface area (Å²) in [6.07, 6.45) is 6.48. The highest BCUT2D eigenvalue weighted by Gasteiger charge is 2.25. The minimum Gasteiger partial charge on any atom is -0.357 e. The molecule has 0 radical (unpaired) electrons. The van der Waals surface area contributed by atoms with E-state index in [9.17, 15) is 0 Å². The molecule has 1 aromatic heterocycles. The number of rotatable bonds is 5. The molecule has 0 amide bonds. The van der Waals surface area contributed by atoms with Crippen molar-refractivity contribution in [3.05, 3.63) is 59.9 Å². The Hall–Kier alpha value is -1.54. The molecule has 5 nitrogen and oxygen atoms in total. The van der Waals surface area contributed by atoms with Crippen molar-refractivity contribution in [3.63, 3.8) is 0 Å². The number of halogens is 1. The van der Waals surface area contributed by atoms with Gasteiger partial charge in [-0.25, -0.2) is 0 Å². The van der Waals surface area contributed by atoms with E-state index >= 15 is 0 Å². The lowest BCUT2D eigenvalue weighted by molar-refractivity contribution is 0.134. The maximum absolute atomic E-state index is 4.39. The first-order chi connectivity index (χ1) is 12.6. The van der Waals surface area contributed by atoms with E-state index < -0.39 is 0 Å². The molecule has 2 heterocycles. The monoisotopic (exact) mass is 481 g/mol. The maximum atomic E-state index is 4.39. The standard InChI is InChI=1S/C21H31N5.HI/c1-17-13-20(10-12-26(17)16-18-7-5-4-6-8-18)24-21(22-2)23-14-19-9-11-25(3)15-19;/h4-9,11,15,17,20H,10,12-14,16H2,1-3H3,(H2,22,23,24);1H. The number of piperidine rings is 1. The smallest absolute Gasteiger partial charge is 0.191 e. The molecule has 1 aliphatic heterocycles.